The van der Waals surface area contributed by atoms with E-state index in [2.05, 4.69) is 32.9 Å². The first-order valence-electron chi connectivity index (χ1n) is 11.1. The van der Waals surface area contributed by atoms with Crippen molar-refractivity contribution in [1.82, 2.24) is 9.80 Å². The van der Waals surface area contributed by atoms with Crippen molar-refractivity contribution in [2.75, 3.05) is 39.4 Å². The van der Waals surface area contributed by atoms with Crippen molar-refractivity contribution >= 4 is 22.8 Å². The predicted molar refractivity (Wildman–Crippen MR) is 115 cm³/mol. The second-order valence-corrected chi connectivity index (χ2v) is 8.89. The molecule has 0 bridgehead atoms. The van der Waals surface area contributed by atoms with Crippen molar-refractivity contribution in [3.05, 3.63) is 35.1 Å². The summed E-state index contributed by atoms with van der Waals surface area (Å²) in [6.45, 7) is 10.4. The molecule has 0 atom stereocenters. The van der Waals surface area contributed by atoms with E-state index in [-0.39, 0.29) is 17.7 Å². The molecule has 162 valence electrons. The molecule has 0 spiro atoms. The second-order valence-electron chi connectivity index (χ2n) is 8.89. The van der Waals surface area contributed by atoms with Crippen LogP contribution in [-0.2, 0) is 20.7 Å². The van der Waals surface area contributed by atoms with Gasteiger partial charge in [0.05, 0.1) is 25.9 Å². The van der Waals surface area contributed by atoms with Gasteiger partial charge in [0.1, 0.15) is 5.58 Å². The van der Waals surface area contributed by atoms with Crippen molar-refractivity contribution in [2.24, 2.45) is 5.92 Å². The van der Waals surface area contributed by atoms with Gasteiger partial charge in [0.15, 0.2) is 0 Å². The summed E-state index contributed by atoms with van der Waals surface area (Å²) in [5, 5.41) is 1.04. The third kappa shape index (κ3) is 4.24. The van der Waals surface area contributed by atoms with Crippen LogP contribution in [0.5, 0.6) is 0 Å². The lowest BCUT2D eigenvalue weighted by Crippen LogP contribution is -2.47. The summed E-state index contributed by atoms with van der Waals surface area (Å²) in [5.74, 6) is 0.791. The summed E-state index contributed by atoms with van der Waals surface area (Å²) in [4.78, 5) is 29.5. The van der Waals surface area contributed by atoms with E-state index in [1.807, 2.05) is 9.80 Å². The molecule has 30 heavy (non-hydrogen) atoms. The van der Waals surface area contributed by atoms with Gasteiger partial charge in [-0.15, -0.1) is 0 Å². The Hall–Kier alpha value is -2.34. The standard InChI is InChI=1S/C24H32N2O4/c1-16(2)20-14-21-19(15-30-22(21)12-17(20)3)13-23(27)25-6-4-18(5-7-25)24(28)26-8-10-29-11-9-26/h12,14-16,18H,4-11,13H2,1-3H3. The highest BCUT2D eigenvalue weighted by atomic mass is 16.5. The zero-order chi connectivity index (χ0) is 21.3. The fraction of sp³-hybridized carbons (Fsp3) is 0.583. The Labute approximate surface area is 178 Å². The second kappa shape index (κ2) is 8.80. The number of carbonyl (C=O) groups excluding carboxylic acids is 2. The van der Waals surface area contributed by atoms with Gasteiger partial charge in [0.2, 0.25) is 11.8 Å². The van der Waals surface area contributed by atoms with Gasteiger partial charge in [0, 0.05) is 43.0 Å². The molecule has 2 fully saturated rings. The molecule has 6 heteroatoms. The highest BCUT2D eigenvalue weighted by Gasteiger charge is 2.31. The van der Waals surface area contributed by atoms with Crippen LogP contribution in [0.2, 0.25) is 0 Å². The van der Waals surface area contributed by atoms with Crippen LogP contribution in [0.3, 0.4) is 0 Å². The minimum absolute atomic E-state index is 0.0264. The van der Waals surface area contributed by atoms with E-state index in [1.165, 1.54) is 11.1 Å². The minimum Gasteiger partial charge on any atom is -0.464 e. The van der Waals surface area contributed by atoms with Crippen LogP contribution in [-0.4, -0.2) is 61.0 Å². The van der Waals surface area contributed by atoms with E-state index >= 15 is 0 Å². The lowest BCUT2D eigenvalue weighted by atomic mass is 9.94. The summed E-state index contributed by atoms with van der Waals surface area (Å²) in [6, 6.07) is 4.25. The Bertz CT molecular complexity index is 919. The Morgan fingerprint density at radius 3 is 2.43 bits per heavy atom. The molecule has 0 radical (unpaired) electrons. The van der Waals surface area contributed by atoms with Crippen LogP contribution in [0, 0.1) is 12.8 Å². The van der Waals surface area contributed by atoms with Crippen molar-refractivity contribution in [3.63, 3.8) is 0 Å². The Morgan fingerprint density at radius 2 is 1.77 bits per heavy atom. The molecule has 0 N–H and O–H groups in total. The molecule has 0 aliphatic carbocycles. The molecule has 2 aliphatic heterocycles. The lowest BCUT2D eigenvalue weighted by molar-refractivity contribution is -0.143. The van der Waals surface area contributed by atoms with Gasteiger partial charge in [-0.05, 0) is 48.9 Å². The number of furan rings is 1. The van der Waals surface area contributed by atoms with Gasteiger partial charge in [-0.2, -0.15) is 0 Å². The number of amides is 2. The normalized spacial score (nSPS) is 18.4. The van der Waals surface area contributed by atoms with Gasteiger partial charge >= 0.3 is 0 Å². The van der Waals surface area contributed by atoms with Gasteiger partial charge in [-0.3, -0.25) is 9.59 Å². The van der Waals surface area contributed by atoms with Crippen LogP contribution in [0.4, 0.5) is 0 Å². The number of aryl methyl sites for hydroxylation is 1. The van der Waals surface area contributed by atoms with Crippen LogP contribution < -0.4 is 0 Å². The minimum atomic E-state index is 0.0264. The number of hydrogen-bond acceptors (Lipinski definition) is 4. The molecule has 0 saturated carbocycles. The van der Waals surface area contributed by atoms with Crippen LogP contribution in [0.25, 0.3) is 11.0 Å². The maximum Gasteiger partial charge on any atom is 0.227 e. The number of rotatable bonds is 4. The number of likely N-dealkylation sites (tertiary alicyclic amines) is 1. The molecule has 2 aliphatic rings. The molecule has 2 amide bonds. The zero-order valence-electron chi connectivity index (χ0n) is 18.3. The predicted octanol–water partition coefficient (Wildman–Crippen LogP) is 3.50. The number of piperidine rings is 1. The van der Waals surface area contributed by atoms with E-state index in [4.69, 9.17) is 9.15 Å². The number of ether oxygens (including phenoxy) is 1. The first kappa shape index (κ1) is 20.9. The molecular weight excluding hydrogens is 380 g/mol. The fourth-order valence-electron chi connectivity index (χ4n) is 4.70. The SMILES string of the molecule is Cc1cc2occ(CC(=O)N3CCC(C(=O)N4CCOCC4)CC3)c2cc1C(C)C. The summed E-state index contributed by atoms with van der Waals surface area (Å²) in [5.41, 5.74) is 4.30. The number of morpholine rings is 1. The topological polar surface area (TPSA) is 63.0 Å². The molecule has 0 unspecified atom stereocenters. The number of nitrogens with zero attached hydrogens (tertiary/aromatic N) is 2. The van der Waals surface area contributed by atoms with E-state index in [0.717, 1.165) is 29.4 Å². The van der Waals surface area contributed by atoms with E-state index in [9.17, 15) is 9.59 Å². The van der Waals surface area contributed by atoms with Crippen molar-refractivity contribution in [2.45, 2.75) is 46.0 Å². The third-order valence-corrected chi connectivity index (χ3v) is 6.53. The molecule has 1 aromatic heterocycles. The third-order valence-electron chi connectivity index (χ3n) is 6.53. The smallest absolute Gasteiger partial charge is 0.227 e. The highest BCUT2D eigenvalue weighted by molar-refractivity contribution is 5.89. The molecular formula is C24H32N2O4. The van der Waals surface area contributed by atoms with Crippen LogP contribution >= 0.6 is 0 Å². The molecule has 1 aromatic carbocycles. The molecule has 3 heterocycles. The van der Waals surface area contributed by atoms with Gasteiger partial charge in [0.25, 0.3) is 0 Å². The average Bonchev–Trinajstić information content (AvgIpc) is 3.14. The number of fused-ring (bicyclic) bond motifs is 1. The summed E-state index contributed by atoms with van der Waals surface area (Å²) >= 11 is 0. The van der Waals surface area contributed by atoms with Crippen LogP contribution in [0.1, 0.15) is 49.3 Å². The molecule has 6 nitrogen and oxygen atoms in total. The fourth-order valence-corrected chi connectivity index (χ4v) is 4.70. The summed E-state index contributed by atoms with van der Waals surface area (Å²) < 4.78 is 11.1. The average molecular weight is 413 g/mol. The van der Waals surface area contributed by atoms with E-state index in [0.29, 0.717) is 51.7 Å². The molecule has 4 rings (SSSR count). The van der Waals surface area contributed by atoms with Gasteiger partial charge in [-0.25, -0.2) is 0 Å². The molecule has 2 aromatic rings. The van der Waals surface area contributed by atoms with Crippen molar-refractivity contribution < 1.29 is 18.7 Å². The summed E-state index contributed by atoms with van der Waals surface area (Å²) in [6.07, 6.45) is 3.55. The largest absolute Gasteiger partial charge is 0.464 e. The van der Waals surface area contributed by atoms with E-state index in [1.54, 1.807) is 6.26 Å². The van der Waals surface area contributed by atoms with Crippen LogP contribution in [0.15, 0.2) is 22.8 Å². The first-order valence-corrected chi connectivity index (χ1v) is 11.1. The van der Waals surface area contributed by atoms with E-state index < -0.39 is 0 Å². The maximum atomic E-state index is 12.9. The number of carbonyl (C=O) groups is 2. The number of hydrogen-bond donors (Lipinski definition) is 0. The lowest BCUT2D eigenvalue weighted by Gasteiger charge is -2.35. The Kier molecular flexibility index (Phi) is 6.14. The number of benzene rings is 1. The Morgan fingerprint density at radius 1 is 1.07 bits per heavy atom. The monoisotopic (exact) mass is 412 g/mol. The van der Waals surface area contributed by atoms with Crippen molar-refractivity contribution in [3.8, 4) is 0 Å². The van der Waals surface area contributed by atoms with Crippen molar-refractivity contribution in [1.29, 1.82) is 0 Å². The van der Waals surface area contributed by atoms with Gasteiger partial charge in [-0.1, -0.05) is 13.8 Å². The zero-order valence-corrected chi connectivity index (χ0v) is 18.3. The summed E-state index contributed by atoms with van der Waals surface area (Å²) in [7, 11) is 0. The Balaban J connectivity index is 1.38. The maximum absolute atomic E-state index is 12.9. The highest BCUT2D eigenvalue weighted by Crippen LogP contribution is 2.30. The van der Waals surface area contributed by atoms with Gasteiger partial charge < -0.3 is 19.0 Å². The first-order chi connectivity index (χ1) is 14.4. The quantitative estimate of drug-likeness (QED) is 0.771. The molecule has 2 saturated heterocycles.